The van der Waals surface area contributed by atoms with Gasteiger partial charge in [-0.1, -0.05) is 17.8 Å². The molecule has 0 saturated heterocycles. The fourth-order valence-corrected chi connectivity index (χ4v) is 2.70. The predicted octanol–water partition coefficient (Wildman–Crippen LogP) is 3.99. The molecule has 4 nitrogen and oxygen atoms in total. The van der Waals surface area contributed by atoms with Crippen molar-refractivity contribution in [2.75, 3.05) is 11.6 Å². The van der Waals surface area contributed by atoms with Crippen LogP contribution < -0.4 is 5.32 Å². The van der Waals surface area contributed by atoms with E-state index >= 15 is 0 Å². The minimum atomic E-state index is -0.338. The Bertz CT molecular complexity index is 830. The molecule has 0 saturated carbocycles. The van der Waals surface area contributed by atoms with Crippen molar-refractivity contribution in [2.45, 2.75) is 5.16 Å². The molecule has 0 fully saturated rings. The Labute approximate surface area is 137 Å². The van der Waals surface area contributed by atoms with Crippen LogP contribution in [0.2, 0.25) is 0 Å². The third-order valence-electron chi connectivity index (χ3n) is 3.28. The average molecular weight is 327 g/mol. The van der Waals surface area contributed by atoms with Gasteiger partial charge >= 0.3 is 0 Å². The highest BCUT2D eigenvalue weighted by atomic mass is 32.2. The monoisotopic (exact) mass is 327 g/mol. The summed E-state index contributed by atoms with van der Waals surface area (Å²) in [7, 11) is 0. The first kappa shape index (κ1) is 15.3. The number of carbonyl (C=O) groups excluding carboxylic acids is 1. The Balaban J connectivity index is 1.84. The van der Waals surface area contributed by atoms with Crippen molar-refractivity contribution in [3.05, 3.63) is 72.3 Å². The number of imidazole rings is 1. The van der Waals surface area contributed by atoms with Crippen LogP contribution in [0.1, 0.15) is 10.4 Å². The highest BCUT2D eigenvalue weighted by Gasteiger charge is 2.09. The maximum Gasteiger partial charge on any atom is 0.255 e. The first-order valence-corrected chi connectivity index (χ1v) is 8.14. The molecule has 1 heterocycles. The van der Waals surface area contributed by atoms with Crippen LogP contribution in [-0.2, 0) is 0 Å². The van der Waals surface area contributed by atoms with Gasteiger partial charge in [0.1, 0.15) is 5.82 Å². The molecule has 0 spiro atoms. The fourth-order valence-electron chi connectivity index (χ4n) is 2.17. The zero-order valence-corrected chi connectivity index (χ0v) is 13.2. The van der Waals surface area contributed by atoms with Crippen molar-refractivity contribution in [2.24, 2.45) is 0 Å². The van der Waals surface area contributed by atoms with Crippen molar-refractivity contribution in [3.8, 4) is 5.69 Å². The molecular weight excluding hydrogens is 313 g/mol. The van der Waals surface area contributed by atoms with Crippen molar-refractivity contribution < 1.29 is 9.18 Å². The van der Waals surface area contributed by atoms with Gasteiger partial charge in [0.25, 0.3) is 5.91 Å². The second-order valence-electron chi connectivity index (χ2n) is 4.80. The van der Waals surface area contributed by atoms with Crippen LogP contribution >= 0.6 is 11.8 Å². The normalized spacial score (nSPS) is 10.5. The minimum absolute atomic E-state index is 0.246. The molecule has 2 aromatic carbocycles. The Kier molecular flexibility index (Phi) is 4.43. The molecule has 0 aliphatic heterocycles. The highest BCUT2D eigenvalue weighted by molar-refractivity contribution is 7.98. The van der Waals surface area contributed by atoms with Gasteiger partial charge in [0.15, 0.2) is 5.16 Å². The number of nitrogens with one attached hydrogen (secondary N) is 1. The summed E-state index contributed by atoms with van der Waals surface area (Å²) in [4.78, 5) is 16.6. The van der Waals surface area contributed by atoms with Crippen LogP contribution in [0, 0.1) is 5.82 Å². The Morgan fingerprint density at radius 1 is 1.22 bits per heavy atom. The third-order valence-corrected chi connectivity index (χ3v) is 3.95. The van der Waals surface area contributed by atoms with E-state index in [9.17, 15) is 9.18 Å². The minimum Gasteiger partial charge on any atom is -0.322 e. The number of benzene rings is 2. The van der Waals surface area contributed by atoms with Gasteiger partial charge in [-0.3, -0.25) is 9.36 Å². The second kappa shape index (κ2) is 6.66. The summed E-state index contributed by atoms with van der Waals surface area (Å²) < 4.78 is 14.8. The molecule has 0 radical (unpaired) electrons. The molecule has 3 aromatic rings. The van der Waals surface area contributed by atoms with Crippen LogP contribution in [0.25, 0.3) is 5.69 Å². The SMILES string of the molecule is CSc1nccn1-c1cccc(C(=O)Nc2ccc(F)cc2)c1. The van der Waals surface area contributed by atoms with Gasteiger partial charge in [0.2, 0.25) is 0 Å². The van der Waals surface area contributed by atoms with Gasteiger partial charge in [-0.2, -0.15) is 0 Å². The van der Waals surface area contributed by atoms with E-state index < -0.39 is 0 Å². The third kappa shape index (κ3) is 3.43. The maximum atomic E-state index is 12.9. The molecule has 6 heteroatoms. The lowest BCUT2D eigenvalue weighted by atomic mass is 10.2. The number of amides is 1. The topological polar surface area (TPSA) is 46.9 Å². The molecule has 0 aliphatic carbocycles. The van der Waals surface area contributed by atoms with Crippen molar-refractivity contribution >= 4 is 23.4 Å². The van der Waals surface area contributed by atoms with Crippen molar-refractivity contribution in [1.29, 1.82) is 0 Å². The Hall–Kier alpha value is -2.60. The molecule has 0 aliphatic rings. The average Bonchev–Trinajstić information content (AvgIpc) is 3.06. The zero-order valence-electron chi connectivity index (χ0n) is 12.4. The van der Waals surface area contributed by atoms with Crippen LogP contribution in [0.4, 0.5) is 10.1 Å². The molecule has 116 valence electrons. The Morgan fingerprint density at radius 3 is 2.74 bits per heavy atom. The van der Waals surface area contributed by atoms with E-state index in [-0.39, 0.29) is 11.7 Å². The summed E-state index contributed by atoms with van der Waals surface area (Å²) in [5.41, 5.74) is 1.93. The molecular formula is C17H14FN3OS. The van der Waals surface area contributed by atoms with Crippen molar-refractivity contribution in [3.63, 3.8) is 0 Å². The number of hydrogen-bond donors (Lipinski definition) is 1. The van der Waals surface area contributed by atoms with Gasteiger partial charge < -0.3 is 5.32 Å². The smallest absolute Gasteiger partial charge is 0.255 e. The van der Waals surface area contributed by atoms with E-state index in [0.29, 0.717) is 11.3 Å². The summed E-state index contributed by atoms with van der Waals surface area (Å²) >= 11 is 1.53. The maximum absolute atomic E-state index is 12.9. The van der Waals surface area contributed by atoms with E-state index in [1.165, 1.54) is 36.0 Å². The first-order chi connectivity index (χ1) is 11.2. The fraction of sp³-hybridized carbons (Fsp3) is 0.0588. The molecule has 0 bridgehead atoms. The van der Waals surface area contributed by atoms with E-state index in [2.05, 4.69) is 10.3 Å². The summed E-state index contributed by atoms with van der Waals surface area (Å²) in [6.45, 7) is 0. The lowest BCUT2D eigenvalue weighted by Crippen LogP contribution is -2.12. The van der Waals surface area contributed by atoms with Crippen LogP contribution in [0.3, 0.4) is 0 Å². The van der Waals surface area contributed by atoms with E-state index in [1.54, 1.807) is 18.3 Å². The molecule has 0 atom stereocenters. The summed E-state index contributed by atoms with van der Waals surface area (Å²) in [6.07, 6.45) is 5.52. The summed E-state index contributed by atoms with van der Waals surface area (Å²) in [5.74, 6) is -0.584. The van der Waals surface area contributed by atoms with Gasteiger partial charge in [0.05, 0.1) is 0 Å². The quantitative estimate of drug-likeness (QED) is 0.737. The standard InChI is InChI=1S/C17H14FN3OS/c1-23-17-19-9-10-21(17)15-4-2-3-12(11-15)16(22)20-14-7-5-13(18)6-8-14/h2-11H,1H3,(H,20,22). The number of rotatable bonds is 4. The van der Waals surface area contributed by atoms with E-state index in [4.69, 9.17) is 0 Å². The molecule has 3 rings (SSSR count). The van der Waals surface area contributed by atoms with Crippen LogP contribution in [-0.4, -0.2) is 21.7 Å². The van der Waals surface area contributed by atoms with Crippen LogP contribution in [0.5, 0.6) is 0 Å². The van der Waals surface area contributed by atoms with Gasteiger partial charge in [-0.15, -0.1) is 0 Å². The van der Waals surface area contributed by atoms with Gasteiger partial charge in [-0.05, 0) is 48.7 Å². The van der Waals surface area contributed by atoms with Gasteiger partial charge in [0, 0.05) is 29.3 Å². The van der Waals surface area contributed by atoms with Crippen LogP contribution in [0.15, 0.2) is 66.1 Å². The predicted molar refractivity (Wildman–Crippen MR) is 89.7 cm³/mol. The molecule has 0 unspecified atom stereocenters. The summed E-state index contributed by atoms with van der Waals surface area (Å²) in [6, 6.07) is 12.9. The zero-order chi connectivity index (χ0) is 16.2. The number of thioether (sulfide) groups is 1. The highest BCUT2D eigenvalue weighted by Crippen LogP contribution is 2.19. The number of nitrogens with zero attached hydrogens (tertiary/aromatic N) is 2. The number of halogens is 1. The summed E-state index contributed by atoms with van der Waals surface area (Å²) in [5, 5.41) is 3.60. The molecule has 1 aromatic heterocycles. The lowest BCUT2D eigenvalue weighted by Gasteiger charge is -2.09. The van der Waals surface area contributed by atoms with E-state index in [0.717, 1.165) is 10.8 Å². The van der Waals surface area contributed by atoms with E-state index in [1.807, 2.05) is 29.2 Å². The molecule has 1 N–H and O–H groups in total. The van der Waals surface area contributed by atoms with Crippen molar-refractivity contribution in [1.82, 2.24) is 9.55 Å². The lowest BCUT2D eigenvalue weighted by molar-refractivity contribution is 0.102. The Morgan fingerprint density at radius 2 is 2.00 bits per heavy atom. The number of hydrogen-bond acceptors (Lipinski definition) is 3. The first-order valence-electron chi connectivity index (χ1n) is 6.92. The van der Waals surface area contributed by atoms with Gasteiger partial charge in [-0.25, -0.2) is 9.37 Å². The number of aromatic nitrogens is 2. The number of anilines is 1. The number of carbonyl (C=O) groups is 1. The molecule has 1 amide bonds. The largest absolute Gasteiger partial charge is 0.322 e. The molecule has 23 heavy (non-hydrogen) atoms. The second-order valence-corrected chi connectivity index (χ2v) is 5.57.